The predicted octanol–water partition coefficient (Wildman–Crippen LogP) is 3.71. The molecule has 0 saturated carbocycles. The van der Waals surface area contributed by atoms with Crippen molar-refractivity contribution >= 4 is 12.2 Å². The summed E-state index contributed by atoms with van der Waals surface area (Å²) in [5.74, 6) is 2.52. The van der Waals surface area contributed by atoms with E-state index in [1.807, 2.05) is 4.68 Å². The van der Waals surface area contributed by atoms with Crippen LogP contribution in [0.4, 0.5) is 0 Å². The quantitative estimate of drug-likeness (QED) is 0.749. The van der Waals surface area contributed by atoms with Gasteiger partial charge in [0, 0.05) is 26.1 Å². The van der Waals surface area contributed by atoms with Crippen LogP contribution in [0.2, 0.25) is 0 Å². The van der Waals surface area contributed by atoms with Gasteiger partial charge in [-0.3, -0.25) is 4.90 Å². The molecular formula is C16H30N4S. The number of fused-ring (bicyclic) bond motifs is 1. The number of rotatable bonds is 6. The molecule has 0 aliphatic carbocycles. The molecule has 0 aromatic carbocycles. The number of nitrogens with zero attached hydrogens (tertiary/aromatic N) is 4. The lowest BCUT2D eigenvalue weighted by atomic mass is 10.1. The van der Waals surface area contributed by atoms with E-state index in [4.69, 9.17) is 17.3 Å². The highest BCUT2D eigenvalue weighted by Crippen LogP contribution is 2.15. The molecule has 0 atom stereocenters. The molecule has 1 aromatic rings. The minimum Gasteiger partial charge on any atom is -0.304 e. The molecule has 1 aliphatic rings. The first-order valence-electron chi connectivity index (χ1n) is 8.36. The Labute approximate surface area is 134 Å². The Hall–Kier alpha value is -0.680. The molecular weight excluding hydrogens is 280 g/mol. The first-order chi connectivity index (χ1) is 9.97. The third kappa shape index (κ3) is 4.65. The average Bonchev–Trinajstić information content (AvgIpc) is 2.57. The summed E-state index contributed by atoms with van der Waals surface area (Å²) in [5, 5.41) is 4.80. The van der Waals surface area contributed by atoms with Crippen molar-refractivity contribution in [1.29, 1.82) is 0 Å². The van der Waals surface area contributed by atoms with Gasteiger partial charge >= 0.3 is 0 Å². The fraction of sp³-hybridized carbons (Fsp3) is 0.875. The molecule has 1 aliphatic heterocycles. The average molecular weight is 311 g/mol. The van der Waals surface area contributed by atoms with Crippen LogP contribution >= 0.6 is 12.2 Å². The Kier molecular flexibility index (Phi) is 5.99. The summed E-state index contributed by atoms with van der Waals surface area (Å²) >= 11 is 5.65. The van der Waals surface area contributed by atoms with E-state index in [0.29, 0.717) is 11.8 Å². The van der Waals surface area contributed by atoms with Crippen molar-refractivity contribution in [3.05, 3.63) is 10.6 Å². The van der Waals surface area contributed by atoms with Crippen LogP contribution in [0.1, 0.15) is 52.8 Å². The number of aromatic nitrogens is 3. The van der Waals surface area contributed by atoms with E-state index >= 15 is 0 Å². The molecule has 2 heterocycles. The van der Waals surface area contributed by atoms with Gasteiger partial charge in [0.15, 0.2) is 4.77 Å². The van der Waals surface area contributed by atoms with Gasteiger partial charge in [-0.1, -0.05) is 34.1 Å². The van der Waals surface area contributed by atoms with Gasteiger partial charge in [-0.25, -0.2) is 4.68 Å². The van der Waals surface area contributed by atoms with Crippen LogP contribution in [-0.2, 0) is 19.6 Å². The normalized spacial score (nSPS) is 15.8. The van der Waals surface area contributed by atoms with Crippen molar-refractivity contribution in [2.75, 3.05) is 13.1 Å². The first kappa shape index (κ1) is 16.7. The third-order valence-corrected chi connectivity index (χ3v) is 4.29. The molecule has 0 bridgehead atoms. The van der Waals surface area contributed by atoms with E-state index in [1.165, 1.54) is 25.1 Å². The molecule has 2 rings (SSSR count). The lowest BCUT2D eigenvalue weighted by molar-refractivity contribution is 0.164. The Morgan fingerprint density at radius 2 is 1.76 bits per heavy atom. The van der Waals surface area contributed by atoms with E-state index in [1.54, 1.807) is 0 Å². The molecule has 0 amide bonds. The summed E-state index contributed by atoms with van der Waals surface area (Å²) in [7, 11) is 0. The summed E-state index contributed by atoms with van der Waals surface area (Å²) in [4.78, 5) is 2.48. The van der Waals surface area contributed by atoms with Crippen LogP contribution in [0.5, 0.6) is 0 Å². The number of hydrogen-bond donors (Lipinski definition) is 0. The Balaban J connectivity index is 2.15. The van der Waals surface area contributed by atoms with Gasteiger partial charge in [0.1, 0.15) is 5.82 Å². The minimum atomic E-state index is 0.665. The lowest BCUT2D eigenvalue weighted by Crippen LogP contribution is -2.33. The van der Waals surface area contributed by atoms with E-state index in [2.05, 4.69) is 37.2 Å². The van der Waals surface area contributed by atoms with Gasteiger partial charge in [-0.15, -0.1) is 0 Å². The van der Waals surface area contributed by atoms with Gasteiger partial charge in [-0.2, -0.15) is 5.10 Å². The van der Waals surface area contributed by atoms with Gasteiger partial charge in [0.25, 0.3) is 0 Å². The zero-order valence-electron chi connectivity index (χ0n) is 14.0. The second kappa shape index (κ2) is 7.54. The van der Waals surface area contributed by atoms with Crippen LogP contribution in [0, 0.1) is 16.6 Å². The Morgan fingerprint density at radius 1 is 1.10 bits per heavy atom. The largest absolute Gasteiger partial charge is 0.304 e. The summed E-state index contributed by atoms with van der Waals surface area (Å²) in [6.45, 7) is 13.2. The van der Waals surface area contributed by atoms with Crippen molar-refractivity contribution in [2.45, 2.75) is 66.6 Å². The Morgan fingerprint density at radius 3 is 2.38 bits per heavy atom. The topological polar surface area (TPSA) is 26.0 Å². The Bertz CT molecular complexity index is 491. The third-order valence-electron chi connectivity index (χ3n) is 3.86. The highest BCUT2D eigenvalue weighted by Gasteiger charge is 2.16. The van der Waals surface area contributed by atoms with Crippen LogP contribution in [0.25, 0.3) is 0 Å². The molecule has 0 spiro atoms. The molecule has 120 valence electrons. The molecule has 0 unspecified atom stereocenters. The maximum Gasteiger partial charge on any atom is 0.199 e. The van der Waals surface area contributed by atoms with Gasteiger partial charge in [-0.05, 0) is 36.9 Å². The van der Waals surface area contributed by atoms with Crippen molar-refractivity contribution in [3.63, 3.8) is 0 Å². The van der Waals surface area contributed by atoms with Crippen molar-refractivity contribution in [3.8, 4) is 0 Å². The van der Waals surface area contributed by atoms with Crippen LogP contribution in [0.3, 0.4) is 0 Å². The molecule has 4 nitrogen and oxygen atoms in total. The summed E-state index contributed by atoms with van der Waals surface area (Å²) in [5.41, 5.74) is 0. The highest BCUT2D eigenvalue weighted by molar-refractivity contribution is 7.71. The van der Waals surface area contributed by atoms with Crippen LogP contribution in [0.15, 0.2) is 0 Å². The molecule has 0 N–H and O–H groups in total. The minimum absolute atomic E-state index is 0.665. The maximum atomic E-state index is 5.65. The van der Waals surface area contributed by atoms with Gasteiger partial charge < -0.3 is 4.57 Å². The smallest absolute Gasteiger partial charge is 0.199 e. The van der Waals surface area contributed by atoms with Crippen molar-refractivity contribution in [1.82, 2.24) is 19.2 Å². The first-order valence-corrected chi connectivity index (χ1v) is 8.77. The molecule has 21 heavy (non-hydrogen) atoms. The molecule has 0 saturated heterocycles. The highest BCUT2D eigenvalue weighted by atomic mass is 32.1. The fourth-order valence-electron chi connectivity index (χ4n) is 3.13. The summed E-state index contributed by atoms with van der Waals surface area (Å²) < 4.78 is 5.20. The van der Waals surface area contributed by atoms with Crippen LogP contribution in [-0.4, -0.2) is 32.3 Å². The van der Waals surface area contributed by atoms with E-state index in [0.717, 1.165) is 37.5 Å². The second-order valence-corrected chi connectivity index (χ2v) is 7.49. The molecule has 0 radical (unpaired) electrons. The second-order valence-electron chi connectivity index (χ2n) is 7.13. The van der Waals surface area contributed by atoms with Crippen LogP contribution < -0.4 is 0 Å². The zero-order chi connectivity index (χ0) is 15.4. The van der Waals surface area contributed by atoms with Gasteiger partial charge in [0.05, 0.1) is 6.67 Å². The van der Waals surface area contributed by atoms with Crippen molar-refractivity contribution in [2.24, 2.45) is 11.8 Å². The predicted molar refractivity (Wildman–Crippen MR) is 89.9 cm³/mol. The lowest BCUT2D eigenvalue weighted by Gasteiger charge is -2.25. The van der Waals surface area contributed by atoms with E-state index in [-0.39, 0.29) is 0 Å². The summed E-state index contributed by atoms with van der Waals surface area (Å²) in [6, 6.07) is 0. The summed E-state index contributed by atoms with van der Waals surface area (Å²) in [6.07, 6.45) is 4.85. The number of hydrogen-bond acceptors (Lipinski definition) is 3. The van der Waals surface area contributed by atoms with Crippen molar-refractivity contribution < 1.29 is 0 Å². The SMILES string of the molecule is CC(C)CN(CC(C)C)Cn1nc2n(c1=S)CCCCC2. The zero-order valence-corrected chi connectivity index (χ0v) is 14.8. The standard InChI is InChI=1S/C16H30N4S/c1-13(2)10-18(11-14(3)4)12-20-16(21)19-9-7-5-6-8-15(19)17-20/h13-14H,5-12H2,1-4H3. The molecule has 0 fully saturated rings. The van der Waals surface area contributed by atoms with E-state index < -0.39 is 0 Å². The molecule has 5 heteroatoms. The van der Waals surface area contributed by atoms with Gasteiger partial charge in [0.2, 0.25) is 0 Å². The maximum absolute atomic E-state index is 5.65. The number of aryl methyl sites for hydroxylation is 1. The monoisotopic (exact) mass is 310 g/mol. The fourth-order valence-corrected chi connectivity index (χ4v) is 3.42. The molecule has 1 aromatic heterocycles. The van der Waals surface area contributed by atoms with E-state index in [9.17, 15) is 0 Å².